The van der Waals surface area contributed by atoms with E-state index in [1.165, 1.54) is 0 Å². The van der Waals surface area contributed by atoms with Crippen LogP contribution in [0.3, 0.4) is 0 Å². The number of ether oxygens (including phenoxy) is 2. The van der Waals surface area contributed by atoms with Crippen molar-refractivity contribution >= 4 is 5.91 Å². The maximum atomic E-state index is 12.1. The maximum absolute atomic E-state index is 12.1. The molecule has 0 spiro atoms. The van der Waals surface area contributed by atoms with E-state index in [-0.39, 0.29) is 17.9 Å². The minimum atomic E-state index is -0.0803. The smallest absolute Gasteiger partial charge is 0.227 e. The quantitative estimate of drug-likeness (QED) is 0.540. The van der Waals surface area contributed by atoms with Crippen LogP contribution in [0.4, 0.5) is 0 Å². The largest absolute Gasteiger partial charge is 0.379 e. The number of carbonyl (C=O) groups is 1. The van der Waals surface area contributed by atoms with Crippen LogP contribution in [0, 0.1) is 5.92 Å². The Bertz CT molecular complexity index is 274. The Labute approximate surface area is 122 Å². The second kappa shape index (κ2) is 10.1. The normalized spacial score (nSPS) is 22.4. The third-order valence-electron chi connectivity index (χ3n) is 3.30. The number of hydrogen-bond acceptors (Lipinski definition) is 5. The van der Waals surface area contributed by atoms with E-state index in [9.17, 15) is 4.79 Å². The maximum Gasteiger partial charge on any atom is 0.227 e. The fraction of sp³-hybridized carbons (Fsp3) is 0.929. The molecule has 0 radical (unpaired) electrons. The summed E-state index contributed by atoms with van der Waals surface area (Å²) in [6.45, 7) is 6.87. The lowest BCUT2D eigenvalue weighted by Gasteiger charge is -2.18. The van der Waals surface area contributed by atoms with E-state index in [1.54, 1.807) is 0 Å². The summed E-state index contributed by atoms with van der Waals surface area (Å²) >= 11 is 0. The number of likely N-dealkylation sites (N-methyl/N-ethyl adjacent to an activating group) is 1. The molecular formula is C14H29N3O3. The molecule has 0 aromatic heterocycles. The van der Waals surface area contributed by atoms with Crippen molar-refractivity contribution in [1.82, 2.24) is 15.5 Å². The van der Waals surface area contributed by atoms with E-state index in [0.717, 1.165) is 19.5 Å². The molecule has 0 aliphatic carbocycles. The van der Waals surface area contributed by atoms with E-state index in [1.807, 2.05) is 14.1 Å². The monoisotopic (exact) mass is 287 g/mol. The zero-order chi connectivity index (χ0) is 14.8. The lowest BCUT2D eigenvalue weighted by Crippen LogP contribution is -2.44. The highest BCUT2D eigenvalue weighted by molar-refractivity contribution is 5.79. The number of nitrogens with zero attached hydrogens (tertiary/aromatic N) is 1. The third-order valence-corrected chi connectivity index (χ3v) is 3.30. The molecule has 20 heavy (non-hydrogen) atoms. The molecule has 0 aromatic carbocycles. The number of hydrogen-bond donors (Lipinski definition) is 2. The van der Waals surface area contributed by atoms with E-state index in [0.29, 0.717) is 33.0 Å². The Hall–Kier alpha value is -0.690. The summed E-state index contributed by atoms with van der Waals surface area (Å²) in [5.41, 5.74) is 0. The molecule has 1 aliphatic rings. The van der Waals surface area contributed by atoms with Gasteiger partial charge in [-0.25, -0.2) is 0 Å². The van der Waals surface area contributed by atoms with Crippen LogP contribution in [0.2, 0.25) is 0 Å². The Balaban J connectivity index is 2.12. The van der Waals surface area contributed by atoms with E-state index < -0.39 is 0 Å². The fourth-order valence-corrected chi connectivity index (χ4v) is 2.07. The highest BCUT2D eigenvalue weighted by Crippen LogP contribution is 2.13. The molecule has 2 atom stereocenters. The average molecular weight is 287 g/mol. The molecule has 6 heteroatoms. The second-order valence-corrected chi connectivity index (χ2v) is 5.41. The van der Waals surface area contributed by atoms with Crippen molar-refractivity contribution in [3.63, 3.8) is 0 Å². The predicted molar refractivity (Wildman–Crippen MR) is 78.8 cm³/mol. The number of rotatable bonds is 10. The first-order chi connectivity index (χ1) is 9.65. The van der Waals surface area contributed by atoms with E-state index in [2.05, 4.69) is 22.5 Å². The standard InChI is InChI=1S/C14H29N3O3/c1-4-5-15-13-11-20-10-12(13)14(18)16-6-8-19-9-7-17(2)3/h12-13,15H,4-11H2,1-3H3,(H,16,18). The molecule has 2 N–H and O–H groups in total. The molecule has 2 unspecified atom stereocenters. The van der Waals surface area contributed by atoms with Crippen molar-refractivity contribution in [2.75, 3.05) is 60.2 Å². The van der Waals surface area contributed by atoms with Gasteiger partial charge in [0, 0.05) is 19.1 Å². The topological polar surface area (TPSA) is 62.8 Å². The molecule has 1 rings (SSSR count). The summed E-state index contributed by atoms with van der Waals surface area (Å²) < 4.78 is 10.8. The Morgan fingerprint density at radius 2 is 2.10 bits per heavy atom. The van der Waals surface area contributed by atoms with Gasteiger partial charge in [-0.15, -0.1) is 0 Å². The van der Waals surface area contributed by atoms with Crippen LogP contribution >= 0.6 is 0 Å². The molecule has 0 saturated carbocycles. The number of amides is 1. The molecule has 1 aliphatic heterocycles. The van der Waals surface area contributed by atoms with Crippen LogP contribution in [-0.2, 0) is 14.3 Å². The van der Waals surface area contributed by atoms with Gasteiger partial charge in [0.25, 0.3) is 0 Å². The molecule has 6 nitrogen and oxygen atoms in total. The summed E-state index contributed by atoms with van der Waals surface area (Å²) in [5.74, 6) is -0.0179. The van der Waals surface area contributed by atoms with Gasteiger partial charge < -0.3 is 25.0 Å². The molecule has 0 aromatic rings. The molecule has 1 heterocycles. The van der Waals surface area contributed by atoms with Crippen LogP contribution in [0.5, 0.6) is 0 Å². The molecular weight excluding hydrogens is 258 g/mol. The summed E-state index contributed by atoms with van der Waals surface area (Å²) in [4.78, 5) is 14.1. The third kappa shape index (κ3) is 6.65. The molecule has 1 fully saturated rings. The molecule has 118 valence electrons. The van der Waals surface area contributed by atoms with Gasteiger partial charge in [-0.3, -0.25) is 4.79 Å². The highest BCUT2D eigenvalue weighted by Gasteiger charge is 2.33. The first kappa shape index (κ1) is 17.4. The first-order valence-corrected chi connectivity index (χ1v) is 7.46. The predicted octanol–water partition coefficient (Wildman–Crippen LogP) is -0.305. The van der Waals surface area contributed by atoms with Gasteiger partial charge in [-0.2, -0.15) is 0 Å². The van der Waals surface area contributed by atoms with Crippen molar-refractivity contribution in [3.05, 3.63) is 0 Å². The SMILES string of the molecule is CCCNC1COCC1C(=O)NCCOCCN(C)C. The zero-order valence-electron chi connectivity index (χ0n) is 13.0. The van der Waals surface area contributed by atoms with Crippen molar-refractivity contribution in [2.24, 2.45) is 5.92 Å². The minimum Gasteiger partial charge on any atom is -0.379 e. The number of nitrogens with one attached hydrogen (secondary N) is 2. The van der Waals surface area contributed by atoms with Gasteiger partial charge in [0.1, 0.15) is 0 Å². The highest BCUT2D eigenvalue weighted by atomic mass is 16.5. The number of carbonyl (C=O) groups excluding carboxylic acids is 1. The molecule has 0 bridgehead atoms. The average Bonchev–Trinajstić information content (AvgIpc) is 2.88. The Morgan fingerprint density at radius 1 is 1.30 bits per heavy atom. The van der Waals surface area contributed by atoms with Crippen LogP contribution < -0.4 is 10.6 Å². The molecule has 1 saturated heterocycles. The van der Waals surface area contributed by atoms with Crippen LogP contribution in [-0.4, -0.2) is 77.0 Å². The van der Waals surface area contributed by atoms with Crippen LogP contribution in [0.15, 0.2) is 0 Å². The van der Waals surface area contributed by atoms with Crippen LogP contribution in [0.25, 0.3) is 0 Å². The van der Waals surface area contributed by atoms with Crippen LogP contribution in [0.1, 0.15) is 13.3 Å². The van der Waals surface area contributed by atoms with Crippen molar-refractivity contribution in [3.8, 4) is 0 Å². The summed E-state index contributed by atoms with van der Waals surface area (Å²) in [5, 5.41) is 6.28. The first-order valence-electron chi connectivity index (χ1n) is 7.46. The zero-order valence-corrected chi connectivity index (χ0v) is 13.0. The minimum absolute atomic E-state index is 0.0623. The van der Waals surface area contributed by atoms with E-state index in [4.69, 9.17) is 9.47 Å². The van der Waals surface area contributed by atoms with Gasteiger partial charge in [0.15, 0.2) is 0 Å². The van der Waals surface area contributed by atoms with Gasteiger partial charge in [0.05, 0.1) is 32.3 Å². The van der Waals surface area contributed by atoms with Gasteiger partial charge >= 0.3 is 0 Å². The lowest BCUT2D eigenvalue weighted by atomic mass is 10.0. The summed E-state index contributed by atoms with van der Waals surface area (Å²) in [6.07, 6.45) is 1.06. The Kier molecular flexibility index (Phi) is 8.77. The van der Waals surface area contributed by atoms with Gasteiger partial charge in [0.2, 0.25) is 5.91 Å². The van der Waals surface area contributed by atoms with E-state index >= 15 is 0 Å². The summed E-state index contributed by atoms with van der Waals surface area (Å²) in [7, 11) is 4.02. The van der Waals surface area contributed by atoms with Gasteiger partial charge in [-0.1, -0.05) is 6.92 Å². The molecule has 1 amide bonds. The fourth-order valence-electron chi connectivity index (χ4n) is 2.07. The van der Waals surface area contributed by atoms with Gasteiger partial charge in [-0.05, 0) is 27.1 Å². The Morgan fingerprint density at radius 3 is 2.80 bits per heavy atom. The lowest BCUT2D eigenvalue weighted by molar-refractivity contribution is -0.125. The van der Waals surface area contributed by atoms with Crippen molar-refractivity contribution in [1.29, 1.82) is 0 Å². The van der Waals surface area contributed by atoms with Crippen molar-refractivity contribution in [2.45, 2.75) is 19.4 Å². The summed E-state index contributed by atoms with van der Waals surface area (Å²) in [6, 6.07) is 0.143. The van der Waals surface area contributed by atoms with Crippen molar-refractivity contribution < 1.29 is 14.3 Å². The second-order valence-electron chi connectivity index (χ2n) is 5.41.